The molecule has 0 radical (unpaired) electrons. The summed E-state index contributed by atoms with van der Waals surface area (Å²) in [6, 6.07) is 5.77. The molecule has 3 heterocycles. The molecule has 0 bridgehead atoms. The summed E-state index contributed by atoms with van der Waals surface area (Å²) in [5.41, 5.74) is 4.67. The molecule has 1 atom stereocenters. The largest absolute Gasteiger partial charge is 0.457 e. The predicted molar refractivity (Wildman–Crippen MR) is 196 cm³/mol. The van der Waals surface area contributed by atoms with Crippen LogP contribution in [0, 0.1) is 25.6 Å². The van der Waals surface area contributed by atoms with Crippen molar-refractivity contribution in [3.63, 3.8) is 0 Å². The number of aliphatic imine (C=N–C) groups is 1. The van der Waals surface area contributed by atoms with Crippen molar-refractivity contribution < 1.29 is 9.13 Å². The second-order valence-corrected chi connectivity index (χ2v) is 12.5. The summed E-state index contributed by atoms with van der Waals surface area (Å²) in [7, 11) is 0. The van der Waals surface area contributed by atoms with Crippen molar-refractivity contribution in [3.05, 3.63) is 94.6 Å². The number of anilines is 2. The van der Waals surface area contributed by atoms with Crippen molar-refractivity contribution in [3.8, 4) is 5.75 Å². The number of amidine groups is 1. The SMILES string of the molecule is C/C=N\N1C=CC(Oc2ccc(N/C(=N/C=C/CCC)c3nc4c(cc3C)CCC(C)CN4CCCCC)c(F)c2C)=C/C1=C\CC. The second-order valence-electron chi connectivity index (χ2n) is 12.5. The van der Waals surface area contributed by atoms with Gasteiger partial charge in [-0.3, -0.25) is 0 Å². The van der Waals surface area contributed by atoms with E-state index in [0.717, 1.165) is 74.4 Å². The zero-order valence-corrected chi connectivity index (χ0v) is 29.4. The monoisotopic (exact) mass is 640 g/mol. The van der Waals surface area contributed by atoms with Gasteiger partial charge in [-0.05, 0) is 88.1 Å². The Morgan fingerprint density at radius 3 is 2.74 bits per heavy atom. The van der Waals surface area contributed by atoms with Crippen LogP contribution in [-0.2, 0) is 6.42 Å². The van der Waals surface area contributed by atoms with Gasteiger partial charge in [0, 0.05) is 43.3 Å². The first kappa shape index (κ1) is 35.7. The van der Waals surface area contributed by atoms with Gasteiger partial charge in [-0.2, -0.15) is 5.10 Å². The van der Waals surface area contributed by atoms with E-state index in [9.17, 15) is 0 Å². The highest BCUT2D eigenvalue weighted by Gasteiger charge is 2.24. The average Bonchev–Trinajstić information content (AvgIpc) is 3.20. The number of nitrogens with zero attached hydrogens (tertiary/aromatic N) is 5. The normalized spacial score (nSPS) is 17.9. The van der Waals surface area contributed by atoms with Crippen LogP contribution in [-0.4, -0.2) is 35.1 Å². The lowest BCUT2D eigenvalue weighted by atomic mass is 10.0. The Labute approximate surface area is 281 Å². The van der Waals surface area contributed by atoms with Crippen LogP contribution in [0.4, 0.5) is 15.9 Å². The summed E-state index contributed by atoms with van der Waals surface area (Å²) in [6.45, 7) is 16.4. The minimum Gasteiger partial charge on any atom is -0.457 e. The van der Waals surface area contributed by atoms with Gasteiger partial charge in [0.05, 0.1) is 11.4 Å². The lowest BCUT2D eigenvalue weighted by molar-refractivity contribution is 0.417. The van der Waals surface area contributed by atoms with Crippen LogP contribution in [0.5, 0.6) is 5.75 Å². The molecule has 0 spiro atoms. The number of allylic oxidation sites excluding steroid dienone is 4. The fraction of sp³-hybridized carbons (Fsp3) is 0.462. The lowest BCUT2D eigenvalue weighted by Crippen LogP contribution is -2.30. The molecule has 2 aliphatic rings. The number of ether oxygens (including phenoxy) is 1. The van der Waals surface area contributed by atoms with E-state index in [-0.39, 0.29) is 0 Å². The number of fused-ring (bicyclic) bond motifs is 1. The molecule has 1 aromatic carbocycles. The molecular formula is C39H53FN6O. The summed E-state index contributed by atoms with van der Waals surface area (Å²) >= 11 is 0. The third-order valence-electron chi connectivity index (χ3n) is 8.43. The number of hydrogen-bond donors (Lipinski definition) is 1. The molecule has 7 nitrogen and oxygen atoms in total. The van der Waals surface area contributed by atoms with Crippen LogP contribution in [0.2, 0.25) is 0 Å². The van der Waals surface area contributed by atoms with Crippen molar-refractivity contribution in [2.75, 3.05) is 23.3 Å². The standard InChI is InChI=1S/C39H53FN6O/c1-8-12-14-22-41-38(37-29(6)25-31-18-17-28(5)27-45(39(31)44-37)23-15-13-9-2)43-34-19-20-35(30(7)36(34)40)47-33-21-24-46(42-11-4)32(26-33)16-10-3/h11,14,16,19-22,24-26,28H,8-10,12-13,15,17-18,23,27H2,1-7H3,(H,41,43)/b22-14+,32-16+,42-11-. The molecule has 0 fully saturated rings. The highest BCUT2D eigenvalue weighted by Crippen LogP contribution is 2.32. The van der Waals surface area contributed by atoms with Crippen LogP contribution in [0.1, 0.15) is 102 Å². The van der Waals surface area contributed by atoms with Crippen LogP contribution in [0.15, 0.2) is 76.5 Å². The molecule has 252 valence electrons. The summed E-state index contributed by atoms with van der Waals surface area (Å²) < 4.78 is 22.3. The number of aryl methyl sites for hydroxylation is 2. The molecule has 0 amide bonds. The third kappa shape index (κ3) is 9.43. The van der Waals surface area contributed by atoms with Gasteiger partial charge >= 0.3 is 0 Å². The molecule has 0 aliphatic carbocycles. The molecule has 1 aromatic heterocycles. The fourth-order valence-electron chi connectivity index (χ4n) is 5.86. The quantitative estimate of drug-likeness (QED) is 0.134. The number of aromatic nitrogens is 1. The van der Waals surface area contributed by atoms with E-state index in [1.165, 1.54) is 18.4 Å². The van der Waals surface area contributed by atoms with Crippen LogP contribution in [0.3, 0.4) is 0 Å². The van der Waals surface area contributed by atoms with Crippen LogP contribution in [0.25, 0.3) is 0 Å². The highest BCUT2D eigenvalue weighted by atomic mass is 19.1. The summed E-state index contributed by atoms with van der Waals surface area (Å²) in [5.74, 6) is 2.82. The number of halogens is 1. The summed E-state index contributed by atoms with van der Waals surface area (Å²) in [4.78, 5) is 12.5. The molecule has 1 unspecified atom stereocenters. The number of rotatable bonds is 13. The Morgan fingerprint density at radius 2 is 2.00 bits per heavy atom. The number of hydrazone groups is 1. The van der Waals surface area contributed by atoms with Crippen LogP contribution >= 0.6 is 0 Å². The molecule has 47 heavy (non-hydrogen) atoms. The summed E-state index contributed by atoms with van der Waals surface area (Å²) in [6.07, 6.45) is 21.7. The number of pyridine rings is 1. The molecule has 0 saturated carbocycles. The minimum atomic E-state index is -0.392. The van der Waals surface area contributed by atoms with Gasteiger partial charge in [-0.1, -0.05) is 65.2 Å². The van der Waals surface area contributed by atoms with Gasteiger partial charge in [-0.25, -0.2) is 19.4 Å². The maximum atomic E-state index is 16.1. The minimum absolute atomic E-state index is 0.324. The highest BCUT2D eigenvalue weighted by molar-refractivity contribution is 6.08. The van der Waals surface area contributed by atoms with Gasteiger partial charge < -0.3 is 15.0 Å². The number of nitrogens with one attached hydrogen (secondary N) is 1. The number of hydrogen-bond acceptors (Lipinski definition) is 6. The summed E-state index contributed by atoms with van der Waals surface area (Å²) in [5, 5.41) is 9.48. The zero-order valence-electron chi connectivity index (χ0n) is 29.4. The third-order valence-corrected chi connectivity index (χ3v) is 8.43. The van der Waals surface area contributed by atoms with Crippen molar-refractivity contribution in [1.29, 1.82) is 0 Å². The van der Waals surface area contributed by atoms with E-state index in [1.54, 1.807) is 36.5 Å². The topological polar surface area (TPSA) is 65.3 Å². The smallest absolute Gasteiger partial charge is 0.156 e. The Morgan fingerprint density at radius 1 is 1.17 bits per heavy atom. The first-order valence-electron chi connectivity index (χ1n) is 17.4. The average molecular weight is 641 g/mol. The van der Waals surface area contributed by atoms with E-state index < -0.39 is 5.82 Å². The lowest BCUT2D eigenvalue weighted by Gasteiger charge is -2.27. The van der Waals surface area contributed by atoms with Gasteiger partial charge in [0.15, 0.2) is 11.7 Å². The molecule has 8 heteroatoms. The van der Waals surface area contributed by atoms with Crippen LogP contribution < -0.4 is 15.0 Å². The van der Waals surface area contributed by atoms with Gasteiger partial charge in [0.1, 0.15) is 23.0 Å². The van der Waals surface area contributed by atoms with E-state index in [1.807, 2.05) is 31.4 Å². The molecule has 1 N–H and O–H groups in total. The van der Waals surface area contributed by atoms with Crippen molar-refractivity contribution in [2.45, 2.75) is 99.8 Å². The first-order valence-corrected chi connectivity index (χ1v) is 17.4. The van der Waals surface area contributed by atoms with Gasteiger partial charge in [-0.15, -0.1) is 0 Å². The van der Waals surface area contributed by atoms with E-state index >= 15 is 4.39 Å². The molecule has 0 saturated heterocycles. The van der Waals surface area contributed by atoms with Gasteiger partial charge in [0.2, 0.25) is 0 Å². The van der Waals surface area contributed by atoms with Crippen molar-refractivity contribution in [2.24, 2.45) is 16.0 Å². The second kappa shape index (κ2) is 17.6. The Bertz CT molecular complexity index is 1550. The van der Waals surface area contributed by atoms with E-state index in [0.29, 0.717) is 34.5 Å². The first-order chi connectivity index (χ1) is 22.8. The molecule has 4 rings (SSSR count). The maximum absolute atomic E-state index is 16.1. The molecule has 2 aromatic rings. The van der Waals surface area contributed by atoms with E-state index in [2.05, 4.69) is 62.1 Å². The number of benzene rings is 1. The van der Waals surface area contributed by atoms with Crippen molar-refractivity contribution >= 4 is 23.6 Å². The fourth-order valence-corrected chi connectivity index (χ4v) is 5.86. The Hall–Kier alpha value is -4.20. The Kier molecular flexibility index (Phi) is 13.4. The Balaban J connectivity index is 1.67. The zero-order chi connectivity index (χ0) is 33.8. The number of unbranched alkanes of at least 4 members (excludes halogenated alkanes) is 3. The predicted octanol–water partition coefficient (Wildman–Crippen LogP) is 9.98. The van der Waals surface area contributed by atoms with Gasteiger partial charge in [0.25, 0.3) is 0 Å². The molecular weight excluding hydrogens is 587 g/mol. The van der Waals surface area contributed by atoms with E-state index in [4.69, 9.17) is 14.7 Å². The molecule has 2 aliphatic heterocycles. The maximum Gasteiger partial charge on any atom is 0.156 e. The van der Waals surface area contributed by atoms with Crippen molar-refractivity contribution in [1.82, 2.24) is 9.99 Å².